The second-order valence-electron chi connectivity index (χ2n) is 5.44. The Hall–Kier alpha value is -1.66. The third-order valence-electron chi connectivity index (χ3n) is 3.73. The lowest BCUT2D eigenvalue weighted by atomic mass is 10.2. The average Bonchev–Trinajstić information content (AvgIpc) is 2.56. The maximum Gasteiger partial charge on any atom is 0.191 e. The molecule has 0 saturated carbocycles. The zero-order valence-electron chi connectivity index (χ0n) is 13.6. The van der Waals surface area contributed by atoms with Crippen molar-refractivity contribution < 1.29 is 4.74 Å². The van der Waals surface area contributed by atoms with E-state index in [1.54, 1.807) is 7.05 Å². The number of hydrogen-bond donors (Lipinski definition) is 2. The number of aromatic nitrogens is 1. The number of rotatable bonds is 6. The Kier molecular flexibility index (Phi) is 7.12. The Morgan fingerprint density at radius 3 is 2.73 bits per heavy atom. The van der Waals surface area contributed by atoms with Gasteiger partial charge in [-0.3, -0.25) is 14.9 Å². The van der Waals surface area contributed by atoms with Gasteiger partial charge in [-0.15, -0.1) is 0 Å². The molecule has 1 aliphatic rings. The van der Waals surface area contributed by atoms with Gasteiger partial charge in [0.2, 0.25) is 0 Å². The van der Waals surface area contributed by atoms with Gasteiger partial charge < -0.3 is 15.4 Å². The molecule has 1 aromatic heterocycles. The molecule has 1 aliphatic heterocycles. The molecule has 2 heterocycles. The van der Waals surface area contributed by atoms with E-state index in [1.807, 2.05) is 19.2 Å². The van der Waals surface area contributed by atoms with Gasteiger partial charge in [0.05, 0.1) is 13.2 Å². The van der Waals surface area contributed by atoms with E-state index in [1.165, 1.54) is 5.56 Å². The third-order valence-corrected chi connectivity index (χ3v) is 3.73. The number of nitrogens with zero attached hydrogens (tertiary/aromatic N) is 3. The van der Waals surface area contributed by atoms with Crippen LogP contribution in [0.15, 0.2) is 23.3 Å². The first-order chi connectivity index (χ1) is 10.8. The molecule has 0 aliphatic carbocycles. The molecule has 0 atom stereocenters. The fraction of sp³-hybridized carbons (Fsp3) is 0.625. The Morgan fingerprint density at radius 1 is 1.27 bits per heavy atom. The van der Waals surface area contributed by atoms with Crippen LogP contribution in [-0.2, 0) is 11.2 Å². The monoisotopic (exact) mass is 305 g/mol. The van der Waals surface area contributed by atoms with Crippen LogP contribution in [0.25, 0.3) is 0 Å². The van der Waals surface area contributed by atoms with Crippen LogP contribution in [0.5, 0.6) is 0 Å². The van der Waals surface area contributed by atoms with Gasteiger partial charge in [-0.05, 0) is 25.0 Å². The maximum atomic E-state index is 5.35. The molecule has 0 amide bonds. The Labute approximate surface area is 133 Å². The van der Waals surface area contributed by atoms with E-state index in [0.717, 1.165) is 64.0 Å². The first-order valence-corrected chi connectivity index (χ1v) is 7.94. The molecule has 1 fully saturated rings. The molecule has 0 radical (unpaired) electrons. The highest BCUT2D eigenvalue weighted by molar-refractivity contribution is 5.79. The largest absolute Gasteiger partial charge is 0.379 e. The number of ether oxygens (including phenoxy) is 1. The number of aryl methyl sites for hydroxylation is 1. The second-order valence-corrected chi connectivity index (χ2v) is 5.44. The summed E-state index contributed by atoms with van der Waals surface area (Å²) >= 11 is 0. The van der Waals surface area contributed by atoms with Gasteiger partial charge >= 0.3 is 0 Å². The SMILES string of the molecule is CN=C(NCCc1ccc(C)nc1)NCCN1CCOCC1. The van der Waals surface area contributed by atoms with Crippen molar-refractivity contribution in [2.24, 2.45) is 4.99 Å². The highest BCUT2D eigenvalue weighted by Gasteiger charge is 2.09. The maximum absolute atomic E-state index is 5.35. The van der Waals surface area contributed by atoms with E-state index in [0.29, 0.717) is 0 Å². The van der Waals surface area contributed by atoms with Crippen LogP contribution in [0.2, 0.25) is 0 Å². The average molecular weight is 305 g/mol. The van der Waals surface area contributed by atoms with E-state index in [4.69, 9.17) is 4.74 Å². The minimum absolute atomic E-state index is 0.845. The fourth-order valence-electron chi connectivity index (χ4n) is 2.35. The molecule has 122 valence electrons. The van der Waals surface area contributed by atoms with Crippen LogP contribution in [0.1, 0.15) is 11.3 Å². The van der Waals surface area contributed by atoms with E-state index in [-0.39, 0.29) is 0 Å². The molecule has 6 nitrogen and oxygen atoms in total. The fourth-order valence-corrected chi connectivity index (χ4v) is 2.35. The second kappa shape index (κ2) is 9.38. The summed E-state index contributed by atoms with van der Waals surface area (Å²) < 4.78 is 5.35. The molecular weight excluding hydrogens is 278 g/mol. The molecular formula is C16H27N5O. The molecule has 22 heavy (non-hydrogen) atoms. The molecule has 2 rings (SSSR count). The number of nitrogens with one attached hydrogen (secondary N) is 2. The highest BCUT2D eigenvalue weighted by atomic mass is 16.5. The van der Waals surface area contributed by atoms with Crippen molar-refractivity contribution in [3.63, 3.8) is 0 Å². The van der Waals surface area contributed by atoms with Crippen molar-refractivity contribution in [1.82, 2.24) is 20.5 Å². The zero-order chi connectivity index (χ0) is 15.6. The van der Waals surface area contributed by atoms with Crippen molar-refractivity contribution in [3.05, 3.63) is 29.6 Å². The highest BCUT2D eigenvalue weighted by Crippen LogP contribution is 1.99. The van der Waals surface area contributed by atoms with E-state index >= 15 is 0 Å². The normalized spacial score (nSPS) is 16.5. The first kappa shape index (κ1) is 16.7. The predicted octanol–water partition coefficient (Wildman–Crippen LogP) is 0.430. The number of aliphatic imine (C=N–C) groups is 1. The van der Waals surface area contributed by atoms with Crippen LogP contribution in [0.3, 0.4) is 0 Å². The van der Waals surface area contributed by atoms with Crippen molar-refractivity contribution >= 4 is 5.96 Å². The lowest BCUT2D eigenvalue weighted by Crippen LogP contribution is -2.44. The van der Waals surface area contributed by atoms with Gasteiger partial charge in [0.1, 0.15) is 0 Å². The van der Waals surface area contributed by atoms with E-state index in [2.05, 4.69) is 31.6 Å². The summed E-state index contributed by atoms with van der Waals surface area (Å²) in [7, 11) is 1.80. The Morgan fingerprint density at radius 2 is 2.05 bits per heavy atom. The first-order valence-electron chi connectivity index (χ1n) is 7.94. The van der Waals surface area contributed by atoms with E-state index in [9.17, 15) is 0 Å². The van der Waals surface area contributed by atoms with Gasteiger partial charge in [0, 0.05) is 51.7 Å². The molecule has 2 N–H and O–H groups in total. The molecule has 0 aromatic carbocycles. The van der Waals surface area contributed by atoms with Crippen molar-refractivity contribution in [2.45, 2.75) is 13.3 Å². The van der Waals surface area contributed by atoms with Crippen molar-refractivity contribution in [1.29, 1.82) is 0 Å². The summed E-state index contributed by atoms with van der Waals surface area (Å²) in [4.78, 5) is 11.0. The van der Waals surface area contributed by atoms with Crippen LogP contribution in [0, 0.1) is 6.92 Å². The molecule has 0 unspecified atom stereocenters. The van der Waals surface area contributed by atoms with Crippen molar-refractivity contribution in [2.75, 3.05) is 53.0 Å². The summed E-state index contributed by atoms with van der Waals surface area (Å²) in [6, 6.07) is 4.17. The lowest BCUT2D eigenvalue weighted by Gasteiger charge is -2.26. The summed E-state index contributed by atoms with van der Waals surface area (Å²) in [5, 5.41) is 6.69. The van der Waals surface area contributed by atoms with Crippen LogP contribution >= 0.6 is 0 Å². The third kappa shape index (κ3) is 5.99. The van der Waals surface area contributed by atoms with Gasteiger partial charge in [-0.2, -0.15) is 0 Å². The summed E-state index contributed by atoms with van der Waals surface area (Å²) in [6.07, 6.45) is 2.88. The van der Waals surface area contributed by atoms with Gasteiger partial charge in [-0.1, -0.05) is 6.07 Å². The quantitative estimate of drug-likeness (QED) is 0.589. The Balaban J connectivity index is 1.61. The topological polar surface area (TPSA) is 61.8 Å². The van der Waals surface area contributed by atoms with Gasteiger partial charge in [-0.25, -0.2) is 0 Å². The minimum Gasteiger partial charge on any atom is -0.379 e. The molecule has 1 aromatic rings. The van der Waals surface area contributed by atoms with Crippen LogP contribution in [0.4, 0.5) is 0 Å². The summed E-state index contributed by atoms with van der Waals surface area (Å²) in [5.41, 5.74) is 2.29. The Bertz CT molecular complexity index is 454. The van der Waals surface area contributed by atoms with Crippen molar-refractivity contribution in [3.8, 4) is 0 Å². The van der Waals surface area contributed by atoms with Gasteiger partial charge in [0.15, 0.2) is 5.96 Å². The number of hydrogen-bond acceptors (Lipinski definition) is 4. The van der Waals surface area contributed by atoms with Crippen LogP contribution < -0.4 is 10.6 Å². The molecule has 0 spiro atoms. The number of guanidine groups is 1. The van der Waals surface area contributed by atoms with Gasteiger partial charge in [0.25, 0.3) is 0 Å². The lowest BCUT2D eigenvalue weighted by molar-refractivity contribution is 0.0389. The van der Waals surface area contributed by atoms with E-state index < -0.39 is 0 Å². The summed E-state index contributed by atoms with van der Waals surface area (Å²) in [5.74, 6) is 0.855. The molecule has 6 heteroatoms. The van der Waals surface area contributed by atoms with Crippen LogP contribution in [-0.4, -0.2) is 68.8 Å². The standard InChI is InChI=1S/C16H27N5O/c1-14-3-4-15(13-20-14)5-6-18-16(17-2)19-7-8-21-9-11-22-12-10-21/h3-4,13H,5-12H2,1-2H3,(H2,17,18,19). The summed E-state index contributed by atoms with van der Waals surface area (Å²) in [6.45, 7) is 8.50. The smallest absolute Gasteiger partial charge is 0.191 e. The molecule has 0 bridgehead atoms. The number of morpholine rings is 1. The predicted molar refractivity (Wildman–Crippen MR) is 89.3 cm³/mol. The number of pyridine rings is 1. The zero-order valence-corrected chi connectivity index (χ0v) is 13.6. The molecule has 1 saturated heterocycles. The minimum atomic E-state index is 0.845.